The van der Waals surface area contributed by atoms with Gasteiger partial charge in [-0.3, -0.25) is 9.59 Å². The molecule has 0 heterocycles. The molecule has 0 spiro atoms. The number of hydrogen-bond acceptors (Lipinski definition) is 5. The quantitative estimate of drug-likeness (QED) is 0.635. The maximum absolute atomic E-state index is 11.7. The van der Waals surface area contributed by atoms with Gasteiger partial charge in [0, 0.05) is 25.8 Å². The number of phenols is 1. The van der Waals surface area contributed by atoms with Gasteiger partial charge in [-0.15, -0.1) is 0 Å². The maximum Gasteiger partial charge on any atom is 0.316 e. The molecule has 5 heteroatoms. The van der Waals surface area contributed by atoms with Crippen LogP contribution in [0.3, 0.4) is 0 Å². The van der Waals surface area contributed by atoms with Crippen LogP contribution >= 0.6 is 0 Å². The van der Waals surface area contributed by atoms with Crippen LogP contribution in [0.4, 0.5) is 5.69 Å². The zero-order valence-corrected chi connectivity index (χ0v) is 12.3. The highest BCUT2D eigenvalue weighted by atomic mass is 16.5. The second-order valence-electron chi connectivity index (χ2n) is 4.83. The van der Waals surface area contributed by atoms with E-state index in [2.05, 4.69) is 0 Å². The van der Waals surface area contributed by atoms with Gasteiger partial charge in [0.25, 0.3) is 0 Å². The Bertz CT molecular complexity index is 497. The highest BCUT2D eigenvalue weighted by Crippen LogP contribution is 2.26. The van der Waals surface area contributed by atoms with E-state index in [9.17, 15) is 14.7 Å². The third-order valence-electron chi connectivity index (χ3n) is 3.07. The highest BCUT2D eigenvalue weighted by molar-refractivity contribution is 5.98. The molecular formula is C15H21NO4. The van der Waals surface area contributed by atoms with Crippen LogP contribution in [0, 0.1) is 5.92 Å². The van der Waals surface area contributed by atoms with E-state index in [-0.39, 0.29) is 24.6 Å². The van der Waals surface area contributed by atoms with Gasteiger partial charge in [-0.1, -0.05) is 6.07 Å². The molecule has 0 aliphatic rings. The molecular weight excluding hydrogens is 258 g/mol. The number of phenolic OH excluding ortho intramolecular Hbond substituents is 1. The molecule has 20 heavy (non-hydrogen) atoms. The van der Waals surface area contributed by atoms with E-state index in [0.717, 1.165) is 5.69 Å². The third kappa shape index (κ3) is 3.98. The van der Waals surface area contributed by atoms with Crippen molar-refractivity contribution in [2.24, 2.45) is 5.92 Å². The zero-order chi connectivity index (χ0) is 15.3. The minimum Gasteiger partial charge on any atom is -0.508 e. The summed E-state index contributed by atoms with van der Waals surface area (Å²) >= 11 is 0. The number of nitrogens with zero attached hydrogens (tertiary/aromatic N) is 1. The molecule has 5 nitrogen and oxygen atoms in total. The zero-order valence-electron chi connectivity index (χ0n) is 12.3. The van der Waals surface area contributed by atoms with Crippen LogP contribution in [0.15, 0.2) is 18.2 Å². The predicted molar refractivity (Wildman–Crippen MR) is 76.9 cm³/mol. The first-order valence-corrected chi connectivity index (χ1v) is 6.53. The Balaban J connectivity index is 2.94. The molecule has 0 amide bonds. The van der Waals surface area contributed by atoms with Crippen LogP contribution in [-0.2, 0) is 20.7 Å². The first kappa shape index (κ1) is 16.0. The summed E-state index contributed by atoms with van der Waals surface area (Å²) in [6, 6.07) is 5.16. The number of anilines is 1. The molecule has 1 rings (SSSR count). The van der Waals surface area contributed by atoms with Crippen molar-refractivity contribution < 1.29 is 19.4 Å². The Morgan fingerprint density at radius 1 is 1.35 bits per heavy atom. The first-order valence-electron chi connectivity index (χ1n) is 6.53. The molecule has 0 radical (unpaired) electrons. The lowest BCUT2D eigenvalue weighted by molar-refractivity contribution is -0.151. The molecule has 1 atom stereocenters. The number of ketones is 1. The fourth-order valence-corrected chi connectivity index (χ4v) is 1.86. The number of esters is 1. The lowest BCUT2D eigenvalue weighted by Gasteiger charge is -2.16. The fourth-order valence-electron chi connectivity index (χ4n) is 1.86. The fraction of sp³-hybridized carbons (Fsp3) is 0.467. The molecule has 1 N–H and O–H groups in total. The summed E-state index contributed by atoms with van der Waals surface area (Å²) in [5, 5.41) is 9.99. The van der Waals surface area contributed by atoms with Crippen molar-refractivity contribution in [3.63, 3.8) is 0 Å². The molecule has 1 aromatic rings. The van der Waals surface area contributed by atoms with E-state index in [4.69, 9.17) is 4.74 Å². The van der Waals surface area contributed by atoms with Crippen LogP contribution in [0.5, 0.6) is 5.75 Å². The van der Waals surface area contributed by atoms with Crippen molar-refractivity contribution >= 4 is 17.4 Å². The number of ether oxygens (including phenoxy) is 1. The number of rotatable bonds is 6. The SMILES string of the molecule is CCOC(=O)C(Cc1ccc(N(C)C)cc1O)C(C)=O. The summed E-state index contributed by atoms with van der Waals surface area (Å²) in [4.78, 5) is 25.2. The summed E-state index contributed by atoms with van der Waals surface area (Å²) in [7, 11) is 3.73. The summed E-state index contributed by atoms with van der Waals surface area (Å²) in [5.74, 6) is -1.60. The van der Waals surface area contributed by atoms with Crippen molar-refractivity contribution in [2.45, 2.75) is 20.3 Å². The summed E-state index contributed by atoms with van der Waals surface area (Å²) in [6.07, 6.45) is 0.147. The van der Waals surface area contributed by atoms with Gasteiger partial charge in [0.05, 0.1) is 6.61 Å². The van der Waals surface area contributed by atoms with Crippen molar-refractivity contribution in [1.82, 2.24) is 0 Å². The predicted octanol–water partition coefficient (Wildman–Crippen LogP) is 1.77. The van der Waals surface area contributed by atoms with Crippen LogP contribution < -0.4 is 4.90 Å². The molecule has 0 saturated carbocycles. The Morgan fingerprint density at radius 2 is 2.00 bits per heavy atom. The third-order valence-corrected chi connectivity index (χ3v) is 3.07. The van der Waals surface area contributed by atoms with E-state index in [0.29, 0.717) is 5.56 Å². The van der Waals surface area contributed by atoms with E-state index < -0.39 is 11.9 Å². The number of benzene rings is 1. The monoisotopic (exact) mass is 279 g/mol. The lowest BCUT2D eigenvalue weighted by Crippen LogP contribution is -2.26. The number of carbonyl (C=O) groups is 2. The van der Waals surface area contributed by atoms with Crippen molar-refractivity contribution in [2.75, 3.05) is 25.6 Å². The van der Waals surface area contributed by atoms with Gasteiger partial charge in [-0.25, -0.2) is 0 Å². The molecule has 0 aromatic heterocycles. The molecule has 1 aromatic carbocycles. The van der Waals surface area contributed by atoms with Crippen LogP contribution in [0.2, 0.25) is 0 Å². The van der Waals surface area contributed by atoms with Gasteiger partial charge in [-0.05, 0) is 31.9 Å². The van der Waals surface area contributed by atoms with Gasteiger partial charge in [0.15, 0.2) is 0 Å². The van der Waals surface area contributed by atoms with E-state index in [1.165, 1.54) is 6.92 Å². The van der Waals surface area contributed by atoms with Crippen molar-refractivity contribution in [3.05, 3.63) is 23.8 Å². The molecule has 0 bridgehead atoms. The average Bonchev–Trinajstić information content (AvgIpc) is 2.36. The number of Topliss-reactive ketones (excluding diaryl/α,β-unsaturated/α-hetero) is 1. The lowest BCUT2D eigenvalue weighted by atomic mass is 9.95. The summed E-state index contributed by atoms with van der Waals surface area (Å²) in [6.45, 7) is 3.28. The summed E-state index contributed by atoms with van der Waals surface area (Å²) in [5.41, 5.74) is 1.41. The molecule has 0 aliphatic heterocycles. The second-order valence-corrected chi connectivity index (χ2v) is 4.83. The normalized spacial score (nSPS) is 11.8. The van der Waals surface area contributed by atoms with Gasteiger partial charge in [0.1, 0.15) is 17.5 Å². The molecule has 0 fully saturated rings. The minimum atomic E-state index is -0.869. The highest BCUT2D eigenvalue weighted by Gasteiger charge is 2.26. The van der Waals surface area contributed by atoms with Crippen LogP contribution in [-0.4, -0.2) is 37.6 Å². The van der Waals surface area contributed by atoms with Gasteiger partial charge in [0.2, 0.25) is 0 Å². The van der Waals surface area contributed by atoms with Gasteiger partial charge >= 0.3 is 5.97 Å². The topological polar surface area (TPSA) is 66.8 Å². The maximum atomic E-state index is 11.7. The number of aromatic hydroxyl groups is 1. The Morgan fingerprint density at radius 3 is 2.45 bits per heavy atom. The molecule has 0 saturated heterocycles. The molecule has 110 valence electrons. The van der Waals surface area contributed by atoms with Crippen molar-refractivity contribution in [3.8, 4) is 5.75 Å². The molecule has 1 unspecified atom stereocenters. The Hall–Kier alpha value is -2.04. The standard InChI is InChI=1S/C15H21NO4/c1-5-20-15(19)13(10(2)17)8-11-6-7-12(16(3)4)9-14(11)18/h6-7,9,13,18H,5,8H2,1-4H3. The minimum absolute atomic E-state index is 0.0757. The van der Waals surface area contributed by atoms with E-state index in [1.54, 1.807) is 19.1 Å². The van der Waals surface area contributed by atoms with E-state index in [1.807, 2.05) is 25.1 Å². The second kappa shape index (κ2) is 6.93. The smallest absolute Gasteiger partial charge is 0.316 e. The van der Waals surface area contributed by atoms with Gasteiger partial charge < -0.3 is 14.7 Å². The number of hydrogen-bond donors (Lipinski definition) is 1. The van der Waals surface area contributed by atoms with Crippen LogP contribution in [0.1, 0.15) is 19.4 Å². The van der Waals surface area contributed by atoms with Crippen molar-refractivity contribution in [1.29, 1.82) is 0 Å². The Kier molecular flexibility index (Phi) is 5.55. The largest absolute Gasteiger partial charge is 0.508 e. The Labute approximate surface area is 119 Å². The average molecular weight is 279 g/mol. The number of carbonyl (C=O) groups excluding carboxylic acids is 2. The van der Waals surface area contributed by atoms with Gasteiger partial charge in [-0.2, -0.15) is 0 Å². The first-order chi connectivity index (χ1) is 9.36. The van der Waals surface area contributed by atoms with E-state index >= 15 is 0 Å². The summed E-state index contributed by atoms with van der Waals surface area (Å²) < 4.78 is 4.89. The van der Waals surface area contributed by atoms with Crippen LogP contribution in [0.25, 0.3) is 0 Å². The molecule has 0 aliphatic carbocycles.